The number of carbonyl (C=O) groups excluding carboxylic acids is 1. The molecule has 2 saturated heterocycles. The first-order chi connectivity index (χ1) is 9.34. The molecule has 1 amide bonds. The van der Waals surface area contributed by atoms with Gasteiger partial charge in [-0.05, 0) is 24.8 Å². The Bertz CT molecular complexity index is 351. The highest BCUT2D eigenvalue weighted by molar-refractivity contribution is 5.82. The lowest BCUT2D eigenvalue weighted by molar-refractivity contribution is -0.142. The van der Waals surface area contributed by atoms with Gasteiger partial charge in [0.1, 0.15) is 0 Å². The fourth-order valence-corrected chi connectivity index (χ4v) is 3.28. The van der Waals surface area contributed by atoms with E-state index in [1.165, 1.54) is 0 Å². The largest absolute Gasteiger partial charge is 0.388 e. The second-order valence-electron chi connectivity index (χ2n) is 7.01. The van der Waals surface area contributed by atoms with Crippen molar-refractivity contribution in [1.29, 1.82) is 0 Å². The molecule has 2 N–H and O–H groups in total. The Kier molecular flexibility index (Phi) is 4.72. The Hall–Kier alpha value is -0.650. The van der Waals surface area contributed by atoms with Crippen molar-refractivity contribution in [2.75, 3.05) is 33.4 Å². The Morgan fingerprint density at radius 1 is 1.35 bits per heavy atom. The molecule has 0 aliphatic carbocycles. The van der Waals surface area contributed by atoms with Crippen molar-refractivity contribution in [3.8, 4) is 0 Å². The van der Waals surface area contributed by atoms with Crippen LogP contribution in [0.15, 0.2) is 0 Å². The van der Waals surface area contributed by atoms with Crippen LogP contribution in [-0.2, 0) is 9.53 Å². The molecule has 20 heavy (non-hydrogen) atoms. The number of rotatable bonds is 3. The van der Waals surface area contributed by atoms with Crippen LogP contribution in [0.5, 0.6) is 0 Å². The molecule has 2 heterocycles. The second-order valence-corrected chi connectivity index (χ2v) is 7.01. The molecular weight excluding hydrogens is 256 g/mol. The zero-order valence-corrected chi connectivity index (χ0v) is 12.9. The molecule has 5 nitrogen and oxygen atoms in total. The van der Waals surface area contributed by atoms with Crippen LogP contribution in [0.25, 0.3) is 0 Å². The van der Waals surface area contributed by atoms with E-state index in [0.29, 0.717) is 32.6 Å². The number of nitrogens with one attached hydrogen (secondary N) is 1. The lowest BCUT2D eigenvalue weighted by Gasteiger charge is -2.42. The Morgan fingerprint density at radius 2 is 2.00 bits per heavy atom. The molecule has 0 bridgehead atoms. The van der Waals surface area contributed by atoms with Crippen LogP contribution in [0.3, 0.4) is 0 Å². The van der Waals surface area contributed by atoms with Gasteiger partial charge in [0.2, 0.25) is 5.91 Å². The van der Waals surface area contributed by atoms with E-state index in [-0.39, 0.29) is 17.4 Å². The van der Waals surface area contributed by atoms with Crippen LogP contribution in [-0.4, -0.2) is 60.9 Å². The standard InChI is InChI=1S/C15H28N2O3/c1-14(2)5-4-8-16-12(14)13(18)17(3)11-15(19)6-9-20-10-7-15/h12,16,19H,4-11H2,1-3H3. The normalized spacial score (nSPS) is 28.9. The first-order valence-corrected chi connectivity index (χ1v) is 7.63. The smallest absolute Gasteiger partial charge is 0.240 e. The van der Waals surface area contributed by atoms with Crippen LogP contribution in [0.2, 0.25) is 0 Å². The Balaban J connectivity index is 1.97. The number of piperidine rings is 1. The molecule has 1 unspecified atom stereocenters. The van der Waals surface area contributed by atoms with Crippen LogP contribution in [0, 0.1) is 5.41 Å². The van der Waals surface area contributed by atoms with E-state index in [1.807, 2.05) is 0 Å². The van der Waals surface area contributed by atoms with Gasteiger partial charge in [0.25, 0.3) is 0 Å². The van der Waals surface area contributed by atoms with E-state index < -0.39 is 5.60 Å². The van der Waals surface area contributed by atoms with Gasteiger partial charge in [0, 0.05) is 39.6 Å². The number of nitrogens with zero attached hydrogens (tertiary/aromatic N) is 1. The van der Waals surface area contributed by atoms with Crippen molar-refractivity contribution in [2.24, 2.45) is 5.41 Å². The average Bonchev–Trinajstić information content (AvgIpc) is 2.37. The highest BCUT2D eigenvalue weighted by atomic mass is 16.5. The maximum absolute atomic E-state index is 12.7. The molecule has 0 aromatic heterocycles. The van der Waals surface area contributed by atoms with Gasteiger partial charge >= 0.3 is 0 Å². The summed E-state index contributed by atoms with van der Waals surface area (Å²) in [5, 5.41) is 13.9. The maximum Gasteiger partial charge on any atom is 0.240 e. The van der Waals surface area contributed by atoms with Gasteiger partial charge in [0.15, 0.2) is 0 Å². The van der Waals surface area contributed by atoms with E-state index in [1.54, 1.807) is 11.9 Å². The van der Waals surface area contributed by atoms with Crippen LogP contribution >= 0.6 is 0 Å². The van der Waals surface area contributed by atoms with Gasteiger partial charge in [-0.15, -0.1) is 0 Å². The molecule has 5 heteroatoms. The van der Waals surface area contributed by atoms with Crippen molar-refractivity contribution < 1.29 is 14.6 Å². The molecule has 2 aliphatic heterocycles. The molecule has 0 aromatic carbocycles. The van der Waals surface area contributed by atoms with Gasteiger partial charge < -0.3 is 20.1 Å². The minimum Gasteiger partial charge on any atom is -0.388 e. The van der Waals surface area contributed by atoms with Gasteiger partial charge in [-0.2, -0.15) is 0 Å². The number of hydrogen-bond acceptors (Lipinski definition) is 4. The summed E-state index contributed by atoms with van der Waals surface area (Å²) in [5.74, 6) is 0.0922. The van der Waals surface area contributed by atoms with Gasteiger partial charge in [-0.1, -0.05) is 13.8 Å². The summed E-state index contributed by atoms with van der Waals surface area (Å²) in [5.41, 5.74) is -0.816. The van der Waals surface area contributed by atoms with E-state index in [4.69, 9.17) is 4.74 Å². The third-order valence-electron chi connectivity index (χ3n) is 4.71. The van der Waals surface area contributed by atoms with Crippen LogP contribution < -0.4 is 5.32 Å². The topological polar surface area (TPSA) is 61.8 Å². The zero-order valence-electron chi connectivity index (χ0n) is 12.9. The summed E-state index contributed by atoms with van der Waals surface area (Å²) in [6, 6.07) is -0.148. The summed E-state index contributed by atoms with van der Waals surface area (Å²) >= 11 is 0. The van der Waals surface area contributed by atoms with E-state index in [2.05, 4.69) is 19.2 Å². The van der Waals surface area contributed by atoms with E-state index in [9.17, 15) is 9.90 Å². The first kappa shape index (κ1) is 15.7. The minimum atomic E-state index is -0.790. The molecule has 2 fully saturated rings. The Morgan fingerprint density at radius 3 is 2.60 bits per heavy atom. The van der Waals surface area contributed by atoms with Gasteiger partial charge in [-0.25, -0.2) is 0 Å². The molecule has 0 aromatic rings. The highest BCUT2D eigenvalue weighted by Gasteiger charge is 2.40. The maximum atomic E-state index is 12.7. The fourth-order valence-electron chi connectivity index (χ4n) is 3.28. The summed E-state index contributed by atoms with van der Waals surface area (Å²) in [4.78, 5) is 14.3. The lowest BCUT2D eigenvalue weighted by atomic mass is 9.77. The quantitative estimate of drug-likeness (QED) is 0.803. The van der Waals surface area contributed by atoms with Crippen molar-refractivity contribution in [3.63, 3.8) is 0 Å². The van der Waals surface area contributed by atoms with E-state index >= 15 is 0 Å². The molecule has 0 spiro atoms. The van der Waals surface area contributed by atoms with E-state index in [0.717, 1.165) is 19.4 Å². The molecular formula is C15H28N2O3. The number of aliphatic hydroxyl groups is 1. The summed E-state index contributed by atoms with van der Waals surface area (Å²) in [7, 11) is 1.79. The third-order valence-corrected chi connectivity index (χ3v) is 4.71. The SMILES string of the molecule is CN(CC1(O)CCOCC1)C(=O)C1NCCCC1(C)C. The fraction of sp³-hybridized carbons (Fsp3) is 0.933. The molecule has 2 rings (SSSR count). The third kappa shape index (κ3) is 3.51. The molecule has 0 radical (unpaired) electrons. The van der Waals surface area contributed by atoms with Crippen molar-refractivity contribution >= 4 is 5.91 Å². The van der Waals surface area contributed by atoms with Crippen LogP contribution in [0.1, 0.15) is 39.5 Å². The molecule has 1 atom stereocenters. The number of likely N-dealkylation sites (N-methyl/N-ethyl adjacent to an activating group) is 1. The zero-order chi connectivity index (χ0) is 14.8. The number of carbonyl (C=O) groups is 1. The molecule has 2 aliphatic rings. The molecule has 116 valence electrons. The van der Waals surface area contributed by atoms with Gasteiger partial charge in [0.05, 0.1) is 11.6 Å². The van der Waals surface area contributed by atoms with Crippen molar-refractivity contribution in [3.05, 3.63) is 0 Å². The summed E-state index contributed by atoms with van der Waals surface area (Å²) in [6.07, 6.45) is 3.38. The lowest BCUT2D eigenvalue weighted by Crippen LogP contribution is -2.58. The summed E-state index contributed by atoms with van der Waals surface area (Å²) in [6.45, 7) is 6.71. The van der Waals surface area contributed by atoms with Crippen molar-refractivity contribution in [1.82, 2.24) is 10.2 Å². The monoisotopic (exact) mass is 284 g/mol. The van der Waals surface area contributed by atoms with Gasteiger partial charge in [-0.3, -0.25) is 4.79 Å². The molecule has 0 saturated carbocycles. The summed E-state index contributed by atoms with van der Waals surface area (Å²) < 4.78 is 5.28. The number of ether oxygens (including phenoxy) is 1. The predicted octanol–water partition coefficient (Wildman–Crippen LogP) is 0.764. The average molecular weight is 284 g/mol. The van der Waals surface area contributed by atoms with Crippen LogP contribution in [0.4, 0.5) is 0 Å². The second kappa shape index (κ2) is 6.00. The highest BCUT2D eigenvalue weighted by Crippen LogP contribution is 2.31. The Labute approximate surface area is 121 Å². The number of hydrogen-bond donors (Lipinski definition) is 2. The predicted molar refractivity (Wildman–Crippen MR) is 77.4 cm³/mol. The minimum absolute atomic E-state index is 0.0259. The first-order valence-electron chi connectivity index (χ1n) is 7.63. The van der Waals surface area contributed by atoms with Crippen molar-refractivity contribution in [2.45, 2.75) is 51.2 Å². The number of amides is 1.